The maximum absolute atomic E-state index is 5.75. The first-order valence-electron chi connectivity index (χ1n) is 5.50. The van der Waals surface area contributed by atoms with Crippen molar-refractivity contribution in [2.24, 2.45) is 0 Å². The van der Waals surface area contributed by atoms with Crippen molar-refractivity contribution >= 4 is 11.0 Å². The molecule has 0 bridgehead atoms. The Kier molecular flexibility index (Phi) is 2.29. The van der Waals surface area contributed by atoms with Crippen LogP contribution in [-0.4, -0.2) is 9.97 Å². The SMILES string of the molecule is Cc1nc2ccc(Oc3ccccc3)cc2[nH]1. The summed E-state index contributed by atoms with van der Waals surface area (Å²) in [6, 6.07) is 15.6. The van der Waals surface area contributed by atoms with Gasteiger partial charge in [0.1, 0.15) is 17.3 Å². The zero-order valence-corrected chi connectivity index (χ0v) is 9.47. The molecule has 3 rings (SSSR count). The molecule has 1 N–H and O–H groups in total. The molecule has 3 heteroatoms. The molecule has 3 nitrogen and oxygen atoms in total. The number of fused-ring (bicyclic) bond motifs is 1. The molecule has 0 radical (unpaired) electrons. The molecule has 0 aliphatic rings. The van der Waals surface area contributed by atoms with Gasteiger partial charge in [0, 0.05) is 6.07 Å². The second-order valence-corrected chi connectivity index (χ2v) is 3.92. The van der Waals surface area contributed by atoms with E-state index in [9.17, 15) is 0 Å². The molecule has 0 aliphatic heterocycles. The molecule has 0 aliphatic carbocycles. The minimum Gasteiger partial charge on any atom is -0.457 e. The highest BCUT2D eigenvalue weighted by atomic mass is 16.5. The highest BCUT2D eigenvalue weighted by Crippen LogP contribution is 2.24. The number of aromatic nitrogens is 2. The second-order valence-electron chi connectivity index (χ2n) is 3.92. The second kappa shape index (κ2) is 3.94. The van der Waals surface area contributed by atoms with E-state index >= 15 is 0 Å². The fraction of sp³-hybridized carbons (Fsp3) is 0.0714. The lowest BCUT2D eigenvalue weighted by molar-refractivity contribution is 0.483. The molecule has 17 heavy (non-hydrogen) atoms. The Morgan fingerprint density at radius 2 is 1.82 bits per heavy atom. The summed E-state index contributed by atoms with van der Waals surface area (Å²) in [5.41, 5.74) is 1.96. The standard InChI is InChI=1S/C14H12N2O/c1-10-15-13-8-7-12(9-14(13)16-10)17-11-5-3-2-4-6-11/h2-9H,1H3,(H,15,16). The van der Waals surface area contributed by atoms with E-state index in [1.165, 1.54) is 0 Å². The smallest absolute Gasteiger partial charge is 0.129 e. The number of imidazole rings is 1. The van der Waals surface area contributed by atoms with Crippen molar-refractivity contribution in [1.82, 2.24) is 9.97 Å². The molecule has 0 unspecified atom stereocenters. The summed E-state index contributed by atoms with van der Waals surface area (Å²) in [4.78, 5) is 7.54. The first kappa shape index (κ1) is 9.90. The lowest BCUT2D eigenvalue weighted by atomic mass is 10.3. The summed E-state index contributed by atoms with van der Waals surface area (Å²) in [6.07, 6.45) is 0. The number of para-hydroxylation sites is 1. The summed E-state index contributed by atoms with van der Waals surface area (Å²) in [5, 5.41) is 0. The van der Waals surface area contributed by atoms with Gasteiger partial charge in [0.25, 0.3) is 0 Å². The molecule has 0 spiro atoms. The number of rotatable bonds is 2. The van der Waals surface area contributed by atoms with E-state index in [0.29, 0.717) is 0 Å². The number of aryl methyl sites for hydroxylation is 1. The van der Waals surface area contributed by atoms with E-state index in [1.54, 1.807) is 0 Å². The molecule has 0 atom stereocenters. The van der Waals surface area contributed by atoms with E-state index in [4.69, 9.17) is 4.74 Å². The Hall–Kier alpha value is -2.29. The summed E-state index contributed by atoms with van der Waals surface area (Å²) < 4.78 is 5.75. The molecule has 0 saturated carbocycles. The summed E-state index contributed by atoms with van der Waals surface area (Å²) in [7, 11) is 0. The number of nitrogens with one attached hydrogen (secondary N) is 1. The quantitative estimate of drug-likeness (QED) is 0.721. The van der Waals surface area contributed by atoms with E-state index in [-0.39, 0.29) is 0 Å². The van der Waals surface area contributed by atoms with E-state index < -0.39 is 0 Å². The Balaban J connectivity index is 1.95. The minimum absolute atomic E-state index is 0.812. The summed E-state index contributed by atoms with van der Waals surface area (Å²) in [6.45, 7) is 1.94. The third-order valence-corrected chi connectivity index (χ3v) is 2.55. The van der Waals surface area contributed by atoms with Crippen LogP contribution in [0.5, 0.6) is 11.5 Å². The number of hydrogen-bond donors (Lipinski definition) is 1. The number of nitrogens with zero attached hydrogens (tertiary/aromatic N) is 1. The molecule has 0 fully saturated rings. The van der Waals surface area contributed by atoms with Crippen LogP contribution in [0.3, 0.4) is 0 Å². The van der Waals surface area contributed by atoms with Gasteiger partial charge in [-0.25, -0.2) is 4.98 Å². The zero-order chi connectivity index (χ0) is 11.7. The molecular weight excluding hydrogens is 212 g/mol. The van der Waals surface area contributed by atoms with Crippen LogP contribution in [0, 0.1) is 6.92 Å². The number of benzene rings is 2. The van der Waals surface area contributed by atoms with Gasteiger partial charge in [-0.15, -0.1) is 0 Å². The van der Waals surface area contributed by atoms with Crippen molar-refractivity contribution in [2.45, 2.75) is 6.92 Å². The molecular formula is C14H12N2O. The monoisotopic (exact) mass is 224 g/mol. The van der Waals surface area contributed by atoms with E-state index in [0.717, 1.165) is 28.4 Å². The molecule has 1 aromatic heterocycles. The van der Waals surface area contributed by atoms with Gasteiger partial charge in [-0.1, -0.05) is 18.2 Å². The fourth-order valence-corrected chi connectivity index (χ4v) is 1.80. The number of ether oxygens (including phenoxy) is 1. The lowest BCUT2D eigenvalue weighted by Gasteiger charge is -2.04. The van der Waals surface area contributed by atoms with Gasteiger partial charge in [-0.05, 0) is 31.2 Å². The zero-order valence-electron chi connectivity index (χ0n) is 9.47. The predicted octanol–water partition coefficient (Wildman–Crippen LogP) is 3.66. The average molecular weight is 224 g/mol. The van der Waals surface area contributed by atoms with Gasteiger partial charge in [0.05, 0.1) is 11.0 Å². The maximum Gasteiger partial charge on any atom is 0.129 e. The van der Waals surface area contributed by atoms with Crippen molar-refractivity contribution in [1.29, 1.82) is 0 Å². The highest BCUT2D eigenvalue weighted by molar-refractivity contribution is 5.76. The normalized spacial score (nSPS) is 10.6. The number of H-pyrrole nitrogens is 1. The van der Waals surface area contributed by atoms with Gasteiger partial charge in [-0.3, -0.25) is 0 Å². The van der Waals surface area contributed by atoms with E-state index in [2.05, 4.69) is 9.97 Å². The van der Waals surface area contributed by atoms with E-state index in [1.807, 2.05) is 55.5 Å². The molecule has 1 heterocycles. The predicted molar refractivity (Wildman–Crippen MR) is 67.3 cm³/mol. The molecule has 0 saturated heterocycles. The third-order valence-electron chi connectivity index (χ3n) is 2.55. The van der Waals surface area contributed by atoms with Crippen molar-refractivity contribution in [2.75, 3.05) is 0 Å². The Labute approximate surface area is 99.1 Å². The lowest BCUT2D eigenvalue weighted by Crippen LogP contribution is -1.83. The van der Waals surface area contributed by atoms with Gasteiger partial charge < -0.3 is 9.72 Å². The first-order chi connectivity index (χ1) is 8.31. The maximum atomic E-state index is 5.75. The van der Waals surface area contributed by atoms with Gasteiger partial charge in [0.2, 0.25) is 0 Å². The molecule has 0 amide bonds. The highest BCUT2D eigenvalue weighted by Gasteiger charge is 2.02. The van der Waals surface area contributed by atoms with Crippen molar-refractivity contribution in [3.63, 3.8) is 0 Å². The summed E-state index contributed by atoms with van der Waals surface area (Å²) >= 11 is 0. The number of hydrogen-bond acceptors (Lipinski definition) is 2. The minimum atomic E-state index is 0.812. The summed E-state index contributed by atoms with van der Waals surface area (Å²) in [5.74, 6) is 2.56. The van der Waals surface area contributed by atoms with Gasteiger partial charge in [0.15, 0.2) is 0 Å². The van der Waals surface area contributed by atoms with Crippen LogP contribution < -0.4 is 4.74 Å². The Morgan fingerprint density at radius 1 is 1.00 bits per heavy atom. The van der Waals surface area contributed by atoms with Crippen molar-refractivity contribution < 1.29 is 4.74 Å². The van der Waals surface area contributed by atoms with Crippen molar-refractivity contribution in [3.8, 4) is 11.5 Å². The Morgan fingerprint density at radius 3 is 2.65 bits per heavy atom. The number of aromatic amines is 1. The van der Waals surface area contributed by atoms with Gasteiger partial charge in [-0.2, -0.15) is 0 Å². The fourth-order valence-electron chi connectivity index (χ4n) is 1.80. The van der Waals surface area contributed by atoms with Crippen LogP contribution in [0.4, 0.5) is 0 Å². The molecule has 2 aromatic carbocycles. The molecule has 3 aromatic rings. The Bertz CT molecular complexity index is 644. The van der Waals surface area contributed by atoms with Crippen LogP contribution in [-0.2, 0) is 0 Å². The third kappa shape index (κ3) is 1.99. The topological polar surface area (TPSA) is 37.9 Å². The average Bonchev–Trinajstić information content (AvgIpc) is 2.70. The van der Waals surface area contributed by atoms with Crippen LogP contribution in [0.2, 0.25) is 0 Å². The van der Waals surface area contributed by atoms with Crippen LogP contribution >= 0.6 is 0 Å². The first-order valence-corrected chi connectivity index (χ1v) is 5.50. The van der Waals surface area contributed by atoms with Crippen molar-refractivity contribution in [3.05, 3.63) is 54.4 Å². The van der Waals surface area contributed by atoms with Crippen LogP contribution in [0.15, 0.2) is 48.5 Å². The van der Waals surface area contributed by atoms with Crippen LogP contribution in [0.1, 0.15) is 5.82 Å². The largest absolute Gasteiger partial charge is 0.457 e. The van der Waals surface area contributed by atoms with Gasteiger partial charge >= 0.3 is 0 Å². The molecule has 84 valence electrons. The van der Waals surface area contributed by atoms with Crippen LogP contribution in [0.25, 0.3) is 11.0 Å².